The molecule has 1 unspecified atom stereocenters. The lowest BCUT2D eigenvalue weighted by atomic mass is 9.92. The first-order valence-corrected chi connectivity index (χ1v) is 6.81. The van der Waals surface area contributed by atoms with Crippen LogP contribution in [0.5, 0.6) is 0 Å². The molecule has 0 aliphatic carbocycles. The zero-order chi connectivity index (χ0) is 11.6. The van der Waals surface area contributed by atoms with Crippen LogP contribution in [0.1, 0.15) is 36.4 Å². The molecule has 0 aromatic carbocycles. The molecule has 0 bridgehead atoms. The van der Waals surface area contributed by atoms with Gasteiger partial charge in [-0.15, -0.1) is 11.3 Å². The molecule has 88 valence electrons. The number of carbonyl (C=O) groups excluding carboxylic acids is 1. The number of carbonyl (C=O) groups is 1. The van der Waals surface area contributed by atoms with Crippen LogP contribution in [0.25, 0.3) is 0 Å². The van der Waals surface area contributed by atoms with Gasteiger partial charge in [0.15, 0.2) is 5.78 Å². The van der Waals surface area contributed by atoms with Gasteiger partial charge < -0.3 is 5.32 Å². The maximum Gasteiger partial charge on any atom is 0.157 e. The van der Waals surface area contributed by atoms with Gasteiger partial charge >= 0.3 is 0 Å². The van der Waals surface area contributed by atoms with Crippen molar-refractivity contribution < 1.29 is 4.79 Å². The monoisotopic (exact) mass is 237 g/mol. The van der Waals surface area contributed by atoms with Gasteiger partial charge in [-0.25, -0.2) is 0 Å². The SMILES string of the molecule is CCc1ccc(CC(=O)C2(C)CCCN2)s1. The van der Waals surface area contributed by atoms with Crippen molar-refractivity contribution in [3.8, 4) is 0 Å². The Bertz CT molecular complexity index is 377. The summed E-state index contributed by atoms with van der Waals surface area (Å²) < 4.78 is 0. The molecule has 0 saturated carbocycles. The number of rotatable bonds is 4. The van der Waals surface area contributed by atoms with Crippen LogP contribution < -0.4 is 5.32 Å². The molecule has 2 heterocycles. The van der Waals surface area contributed by atoms with Gasteiger partial charge in [0.25, 0.3) is 0 Å². The molecule has 0 radical (unpaired) electrons. The lowest BCUT2D eigenvalue weighted by Crippen LogP contribution is -2.45. The van der Waals surface area contributed by atoms with E-state index >= 15 is 0 Å². The minimum atomic E-state index is -0.267. The van der Waals surface area contributed by atoms with Crippen LogP contribution in [-0.4, -0.2) is 17.9 Å². The maximum atomic E-state index is 12.2. The summed E-state index contributed by atoms with van der Waals surface area (Å²) >= 11 is 1.77. The molecule has 1 aromatic heterocycles. The highest BCUT2D eigenvalue weighted by atomic mass is 32.1. The second kappa shape index (κ2) is 4.68. The fourth-order valence-electron chi connectivity index (χ4n) is 2.19. The number of nitrogens with one attached hydrogen (secondary N) is 1. The maximum absolute atomic E-state index is 12.2. The number of hydrogen-bond donors (Lipinski definition) is 1. The lowest BCUT2D eigenvalue weighted by molar-refractivity contribution is -0.123. The third-order valence-electron chi connectivity index (χ3n) is 3.38. The predicted octanol–water partition coefficient (Wildman–Crippen LogP) is 2.56. The Kier molecular flexibility index (Phi) is 3.45. The Morgan fingerprint density at radius 2 is 2.25 bits per heavy atom. The van der Waals surface area contributed by atoms with Crippen LogP contribution >= 0.6 is 11.3 Å². The molecule has 2 rings (SSSR count). The summed E-state index contributed by atoms with van der Waals surface area (Å²) in [6, 6.07) is 4.23. The minimum absolute atomic E-state index is 0.267. The van der Waals surface area contributed by atoms with Crippen molar-refractivity contribution in [2.24, 2.45) is 0 Å². The van der Waals surface area contributed by atoms with E-state index in [1.807, 2.05) is 6.92 Å². The summed E-state index contributed by atoms with van der Waals surface area (Å²) in [4.78, 5) is 14.8. The average molecular weight is 237 g/mol. The molecular formula is C13H19NOS. The molecule has 1 aromatic rings. The highest BCUT2D eigenvalue weighted by Crippen LogP contribution is 2.24. The molecule has 1 saturated heterocycles. The van der Waals surface area contributed by atoms with Gasteiger partial charge in [0, 0.05) is 16.2 Å². The van der Waals surface area contributed by atoms with Gasteiger partial charge in [0.1, 0.15) is 0 Å². The van der Waals surface area contributed by atoms with E-state index in [1.165, 1.54) is 9.75 Å². The second-order valence-corrected chi connectivity index (χ2v) is 5.94. The van der Waals surface area contributed by atoms with Crippen LogP contribution in [0, 0.1) is 0 Å². The van der Waals surface area contributed by atoms with Gasteiger partial charge in [-0.1, -0.05) is 6.92 Å². The average Bonchev–Trinajstić information content (AvgIpc) is 2.88. The molecule has 1 aliphatic rings. The Labute approximate surface area is 101 Å². The van der Waals surface area contributed by atoms with Gasteiger partial charge in [-0.3, -0.25) is 4.79 Å². The van der Waals surface area contributed by atoms with Crippen LogP contribution in [0.2, 0.25) is 0 Å². The smallest absolute Gasteiger partial charge is 0.157 e. The molecule has 1 aliphatic heterocycles. The van der Waals surface area contributed by atoms with Crippen molar-refractivity contribution in [3.05, 3.63) is 21.9 Å². The van der Waals surface area contributed by atoms with E-state index in [-0.39, 0.29) is 5.54 Å². The van der Waals surface area contributed by atoms with E-state index in [0.717, 1.165) is 25.8 Å². The normalized spacial score (nSPS) is 24.9. The second-order valence-electron chi connectivity index (χ2n) is 4.68. The number of aryl methyl sites for hydroxylation is 1. The topological polar surface area (TPSA) is 29.1 Å². The molecule has 0 spiro atoms. The van der Waals surface area contributed by atoms with Crippen molar-refractivity contribution in [1.82, 2.24) is 5.32 Å². The van der Waals surface area contributed by atoms with Crippen molar-refractivity contribution in [2.45, 2.75) is 45.1 Å². The Balaban J connectivity index is 2.01. The van der Waals surface area contributed by atoms with Crippen molar-refractivity contribution in [1.29, 1.82) is 0 Å². The molecular weight excluding hydrogens is 218 g/mol. The first kappa shape index (κ1) is 11.8. The molecule has 0 amide bonds. The first-order chi connectivity index (χ1) is 7.64. The summed E-state index contributed by atoms with van der Waals surface area (Å²) in [6.45, 7) is 5.17. The first-order valence-electron chi connectivity index (χ1n) is 6.00. The van der Waals surface area contributed by atoms with Crippen molar-refractivity contribution >= 4 is 17.1 Å². The van der Waals surface area contributed by atoms with Gasteiger partial charge in [0.05, 0.1) is 5.54 Å². The van der Waals surface area contributed by atoms with Gasteiger partial charge in [-0.05, 0) is 44.9 Å². The van der Waals surface area contributed by atoms with Gasteiger partial charge in [0.2, 0.25) is 0 Å². The van der Waals surface area contributed by atoms with E-state index in [9.17, 15) is 4.79 Å². The summed E-state index contributed by atoms with van der Waals surface area (Å²) in [5.74, 6) is 0.342. The third kappa shape index (κ3) is 2.36. The lowest BCUT2D eigenvalue weighted by Gasteiger charge is -2.22. The van der Waals surface area contributed by atoms with E-state index in [2.05, 4.69) is 24.4 Å². The number of ketones is 1. The quantitative estimate of drug-likeness (QED) is 0.872. The molecule has 1 atom stereocenters. The summed E-state index contributed by atoms with van der Waals surface area (Å²) in [5.41, 5.74) is -0.267. The predicted molar refractivity (Wildman–Crippen MR) is 68.0 cm³/mol. The van der Waals surface area contributed by atoms with Crippen LogP contribution in [0.3, 0.4) is 0 Å². The van der Waals surface area contributed by atoms with Gasteiger partial charge in [-0.2, -0.15) is 0 Å². The van der Waals surface area contributed by atoms with Crippen molar-refractivity contribution in [2.75, 3.05) is 6.54 Å². The third-order valence-corrected chi connectivity index (χ3v) is 4.61. The van der Waals surface area contributed by atoms with E-state index in [0.29, 0.717) is 12.2 Å². The molecule has 1 fully saturated rings. The molecule has 1 N–H and O–H groups in total. The van der Waals surface area contributed by atoms with E-state index in [1.54, 1.807) is 11.3 Å². The van der Waals surface area contributed by atoms with Crippen LogP contribution in [-0.2, 0) is 17.6 Å². The summed E-state index contributed by atoms with van der Waals surface area (Å²) in [7, 11) is 0. The fraction of sp³-hybridized carbons (Fsp3) is 0.615. The molecule has 2 nitrogen and oxygen atoms in total. The van der Waals surface area contributed by atoms with E-state index < -0.39 is 0 Å². The molecule has 16 heavy (non-hydrogen) atoms. The highest BCUT2D eigenvalue weighted by Gasteiger charge is 2.35. The Morgan fingerprint density at radius 1 is 1.50 bits per heavy atom. The van der Waals surface area contributed by atoms with E-state index in [4.69, 9.17) is 0 Å². The zero-order valence-electron chi connectivity index (χ0n) is 10.0. The Morgan fingerprint density at radius 3 is 2.81 bits per heavy atom. The Hall–Kier alpha value is -0.670. The highest BCUT2D eigenvalue weighted by molar-refractivity contribution is 7.12. The number of thiophene rings is 1. The number of Topliss-reactive ketones (excluding diaryl/α,β-unsaturated/α-hetero) is 1. The summed E-state index contributed by atoms with van der Waals surface area (Å²) in [6.07, 6.45) is 3.76. The van der Waals surface area contributed by atoms with Crippen LogP contribution in [0.4, 0.5) is 0 Å². The zero-order valence-corrected chi connectivity index (χ0v) is 10.8. The van der Waals surface area contributed by atoms with Crippen LogP contribution in [0.15, 0.2) is 12.1 Å². The molecule has 3 heteroatoms. The fourth-order valence-corrected chi connectivity index (χ4v) is 3.15. The standard InChI is InChI=1S/C13H19NOS/c1-3-10-5-6-11(16-10)9-12(15)13(2)7-4-8-14-13/h5-6,14H,3-4,7-9H2,1-2H3. The largest absolute Gasteiger partial charge is 0.305 e. The van der Waals surface area contributed by atoms with Crippen molar-refractivity contribution in [3.63, 3.8) is 0 Å². The number of hydrogen-bond acceptors (Lipinski definition) is 3. The summed E-state index contributed by atoms with van der Waals surface area (Å²) in [5, 5.41) is 3.33. The minimum Gasteiger partial charge on any atom is -0.305 e.